The van der Waals surface area contributed by atoms with Crippen molar-refractivity contribution >= 4 is 17.2 Å². The molecule has 0 radical (unpaired) electrons. The summed E-state index contributed by atoms with van der Waals surface area (Å²) in [5.74, 6) is 1.28. The number of piperazine rings is 1. The second kappa shape index (κ2) is 7.85. The fourth-order valence-electron chi connectivity index (χ4n) is 4.60. The largest absolute Gasteiger partial charge is 0.351 e. The Labute approximate surface area is 171 Å². The van der Waals surface area contributed by atoms with Crippen LogP contribution in [-0.4, -0.2) is 51.6 Å². The Bertz CT molecular complexity index is 1000. The SMILES string of the molecule is O=C(CCc1ccccc1)N1CCN(c2nccn3nc4c(c23)CCCC4)CC1. The molecule has 1 aromatic carbocycles. The van der Waals surface area contributed by atoms with E-state index in [0.29, 0.717) is 6.42 Å². The first-order valence-corrected chi connectivity index (χ1v) is 10.7. The van der Waals surface area contributed by atoms with Crippen LogP contribution in [0.3, 0.4) is 0 Å². The van der Waals surface area contributed by atoms with Gasteiger partial charge < -0.3 is 9.80 Å². The molecule has 6 nitrogen and oxygen atoms in total. The lowest BCUT2D eigenvalue weighted by Crippen LogP contribution is -2.49. The Hall–Kier alpha value is -2.89. The number of benzene rings is 1. The molecular formula is C23H27N5O. The third kappa shape index (κ3) is 3.59. The van der Waals surface area contributed by atoms with E-state index in [9.17, 15) is 4.79 Å². The van der Waals surface area contributed by atoms with Gasteiger partial charge in [-0.1, -0.05) is 30.3 Å². The van der Waals surface area contributed by atoms with Crippen LogP contribution in [0, 0.1) is 0 Å². The molecule has 2 aromatic heterocycles. The molecule has 1 aliphatic heterocycles. The van der Waals surface area contributed by atoms with E-state index in [1.54, 1.807) is 0 Å². The Morgan fingerprint density at radius 3 is 2.62 bits per heavy atom. The zero-order valence-electron chi connectivity index (χ0n) is 16.8. The van der Waals surface area contributed by atoms with Gasteiger partial charge in [0, 0.05) is 50.6 Å². The van der Waals surface area contributed by atoms with Gasteiger partial charge in [0.1, 0.15) is 5.52 Å². The summed E-state index contributed by atoms with van der Waals surface area (Å²) in [7, 11) is 0. The van der Waals surface area contributed by atoms with E-state index in [1.165, 1.54) is 35.2 Å². The molecular weight excluding hydrogens is 362 g/mol. The number of fused-ring (bicyclic) bond motifs is 3. The maximum Gasteiger partial charge on any atom is 0.223 e. The fourth-order valence-corrected chi connectivity index (χ4v) is 4.60. The summed E-state index contributed by atoms with van der Waals surface area (Å²) in [6.07, 6.45) is 9.81. The minimum atomic E-state index is 0.251. The zero-order chi connectivity index (χ0) is 19.6. The molecule has 29 heavy (non-hydrogen) atoms. The van der Waals surface area contributed by atoms with Crippen LogP contribution < -0.4 is 4.90 Å². The number of hydrogen-bond donors (Lipinski definition) is 0. The van der Waals surface area contributed by atoms with E-state index >= 15 is 0 Å². The number of hydrogen-bond acceptors (Lipinski definition) is 4. The first-order valence-electron chi connectivity index (χ1n) is 10.7. The zero-order valence-corrected chi connectivity index (χ0v) is 16.8. The third-order valence-corrected chi connectivity index (χ3v) is 6.20. The van der Waals surface area contributed by atoms with E-state index in [4.69, 9.17) is 10.1 Å². The van der Waals surface area contributed by atoms with Crippen molar-refractivity contribution in [3.05, 3.63) is 59.5 Å². The highest BCUT2D eigenvalue weighted by Gasteiger charge is 2.26. The van der Waals surface area contributed by atoms with Gasteiger partial charge in [-0.3, -0.25) is 4.79 Å². The molecule has 0 unspecified atom stereocenters. The molecule has 6 heteroatoms. The van der Waals surface area contributed by atoms with Gasteiger partial charge in [0.2, 0.25) is 5.91 Å². The second-order valence-corrected chi connectivity index (χ2v) is 8.03. The van der Waals surface area contributed by atoms with E-state index in [2.05, 4.69) is 17.0 Å². The van der Waals surface area contributed by atoms with Crippen molar-refractivity contribution in [1.82, 2.24) is 19.5 Å². The quantitative estimate of drug-likeness (QED) is 0.689. The molecule has 0 spiro atoms. The van der Waals surface area contributed by atoms with Gasteiger partial charge in [-0.15, -0.1) is 0 Å². The van der Waals surface area contributed by atoms with Crippen molar-refractivity contribution in [2.24, 2.45) is 0 Å². The predicted octanol–water partition coefficient (Wildman–Crippen LogP) is 2.89. The number of anilines is 1. The van der Waals surface area contributed by atoms with Crippen molar-refractivity contribution < 1.29 is 4.79 Å². The summed E-state index contributed by atoms with van der Waals surface area (Å²) in [6, 6.07) is 10.2. The Balaban J connectivity index is 1.26. The summed E-state index contributed by atoms with van der Waals surface area (Å²) in [4.78, 5) is 21.7. The topological polar surface area (TPSA) is 53.7 Å². The molecule has 2 aliphatic rings. The van der Waals surface area contributed by atoms with Crippen LogP contribution in [0.5, 0.6) is 0 Å². The number of aryl methyl sites for hydroxylation is 3. The number of amides is 1. The second-order valence-electron chi connectivity index (χ2n) is 8.03. The van der Waals surface area contributed by atoms with Crippen LogP contribution in [0.15, 0.2) is 42.7 Å². The van der Waals surface area contributed by atoms with Gasteiger partial charge in [-0.05, 0) is 37.7 Å². The van der Waals surface area contributed by atoms with Crippen LogP contribution in [0.1, 0.15) is 36.1 Å². The third-order valence-electron chi connectivity index (χ3n) is 6.20. The minimum absolute atomic E-state index is 0.251. The van der Waals surface area contributed by atoms with E-state index in [0.717, 1.165) is 51.3 Å². The van der Waals surface area contributed by atoms with Crippen molar-refractivity contribution in [2.75, 3.05) is 31.1 Å². The molecule has 3 aromatic rings. The van der Waals surface area contributed by atoms with Gasteiger partial charge >= 0.3 is 0 Å². The van der Waals surface area contributed by atoms with Crippen molar-refractivity contribution in [2.45, 2.75) is 38.5 Å². The van der Waals surface area contributed by atoms with Gasteiger partial charge in [0.25, 0.3) is 0 Å². The van der Waals surface area contributed by atoms with Crippen LogP contribution in [0.4, 0.5) is 5.82 Å². The first-order chi connectivity index (χ1) is 14.3. The minimum Gasteiger partial charge on any atom is -0.351 e. The first kappa shape index (κ1) is 18.2. The molecule has 1 saturated heterocycles. The van der Waals surface area contributed by atoms with Gasteiger partial charge in [0.15, 0.2) is 5.82 Å². The van der Waals surface area contributed by atoms with Gasteiger partial charge in [-0.2, -0.15) is 5.10 Å². The molecule has 1 aliphatic carbocycles. The smallest absolute Gasteiger partial charge is 0.223 e. The van der Waals surface area contributed by atoms with E-state index in [-0.39, 0.29) is 5.91 Å². The van der Waals surface area contributed by atoms with Crippen LogP contribution in [-0.2, 0) is 24.1 Å². The fraction of sp³-hybridized carbons (Fsp3) is 0.435. The van der Waals surface area contributed by atoms with E-state index in [1.807, 2.05) is 40.0 Å². The van der Waals surface area contributed by atoms with Crippen molar-refractivity contribution in [1.29, 1.82) is 0 Å². The highest BCUT2D eigenvalue weighted by molar-refractivity contribution is 5.78. The van der Waals surface area contributed by atoms with Gasteiger partial charge in [0.05, 0.1) is 5.69 Å². The predicted molar refractivity (Wildman–Crippen MR) is 113 cm³/mol. The van der Waals surface area contributed by atoms with Crippen LogP contribution >= 0.6 is 0 Å². The van der Waals surface area contributed by atoms with Crippen molar-refractivity contribution in [3.63, 3.8) is 0 Å². The maximum atomic E-state index is 12.7. The Kier molecular flexibility index (Phi) is 4.92. The molecule has 1 fully saturated rings. The molecule has 1 amide bonds. The van der Waals surface area contributed by atoms with E-state index < -0.39 is 0 Å². The number of carbonyl (C=O) groups is 1. The number of carbonyl (C=O) groups excluding carboxylic acids is 1. The average Bonchev–Trinajstić information content (AvgIpc) is 3.17. The maximum absolute atomic E-state index is 12.7. The standard InChI is InChI=1S/C23H27N5O/c29-21(11-10-18-6-2-1-3-7-18)26-14-16-27(17-15-26)23-22-19-8-4-5-9-20(19)25-28(22)13-12-24-23/h1-3,6-7,12-13H,4-5,8-11,14-17H2. The molecule has 0 bridgehead atoms. The number of rotatable bonds is 4. The number of nitrogens with zero attached hydrogens (tertiary/aromatic N) is 5. The molecule has 3 heterocycles. The summed E-state index contributed by atoms with van der Waals surface area (Å²) in [5.41, 5.74) is 5.01. The Morgan fingerprint density at radius 1 is 1.00 bits per heavy atom. The molecule has 5 rings (SSSR count). The molecule has 0 N–H and O–H groups in total. The average molecular weight is 390 g/mol. The summed E-state index contributed by atoms with van der Waals surface area (Å²) >= 11 is 0. The number of aromatic nitrogens is 3. The van der Waals surface area contributed by atoms with Crippen molar-refractivity contribution in [3.8, 4) is 0 Å². The lowest BCUT2D eigenvalue weighted by atomic mass is 9.97. The summed E-state index contributed by atoms with van der Waals surface area (Å²) < 4.78 is 2.01. The lowest BCUT2D eigenvalue weighted by Gasteiger charge is -2.35. The summed E-state index contributed by atoms with van der Waals surface area (Å²) in [5, 5.41) is 4.79. The normalized spacial score (nSPS) is 16.8. The van der Waals surface area contributed by atoms with Gasteiger partial charge in [-0.25, -0.2) is 9.50 Å². The molecule has 150 valence electrons. The summed E-state index contributed by atoms with van der Waals surface area (Å²) in [6.45, 7) is 3.16. The lowest BCUT2D eigenvalue weighted by molar-refractivity contribution is -0.131. The highest BCUT2D eigenvalue weighted by atomic mass is 16.2. The van der Waals surface area contributed by atoms with Crippen LogP contribution in [0.2, 0.25) is 0 Å². The van der Waals surface area contributed by atoms with Crippen LogP contribution in [0.25, 0.3) is 5.52 Å². The molecule has 0 saturated carbocycles. The Morgan fingerprint density at radius 2 is 1.79 bits per heavy atom. The highest BCUT2D eigenvalue weighted by Crippen LogP contribution is 2.30. The molecule has 0 atom stereocenters. The monoisotopic (exact) mass is 389 g/mol.